The largest absolute Gasteiger partial charge is 0.544 e. The molecular formula is C22H24ClNO4Si. The van der Waals surface area contributed by atoms with Crippen LogP contribution in [-0.2, 0) is 4.79 Å². The molecule has 0 fully saturated rings. The molecule has 1 aliphatic rings. The number of carboxylic acid groups (broad SMARTS) is 1. The molecule has 29 heavy (non-hydrogen) atoms. The molecule has 0 bridgehead atoms. The summed E-state index contributed by atoms with van der Waals surface area (Å²) in [6.45, 7) is 10.9. The molecule has 0 aromatic heterocycles. The summed E-state index contributed by atoms with van der Waals surface area (Å²) in [6, 6.07) is 11.8. The molecule has 7 heteroatoms. The zero-order valence-electron chi connectivity index (χ0n) is 17.1. The van der Waals surface area contributed by atoms with E-state index in [0.717, 1.165) is 5.75 Å². The molecule has 2 aromatic rings. The van der Waals surface area contributed by atoms with Crippen molar-refractivity contribution in [3.8, 4) is 5.75 Å². The average Bonchev–Trinajstić information content (AvgIpc) is 2.95. The van der Waals surface area contributed by atoms with Crippen molar-refractivity contribution in [2.75, 3.05) is 5.32 Å². The Bertz CT molecular complexity index is 1020. The summed E-state index contributed by atoms with van der Waals surface area (Å²) in [4.78, 5) is 23.8. The van der Waals surface area contributed by atoms with Crippen LogP contribution in [0.4, 0.5) is 5.69 Å². The number of fused-ring (bicyclic) bond motifs is 1. The van der Waals surface area contributed by atoms with E-state index in [1.165, 1.54) is 12.1 Å². The van der Waals surface area contributed by atoms with Crippen molar-refractivity contribution in [3.63, 3.8) is 0 Å². The van der Waals surface area contributed by atoms with Gasteiger partial charge in [-0.2, -0.15) is 0 Å². The molecule has 2 N–H and O–H groups in total. The Hall–Kier alpha value is -2.57. The first kappa shape index (κ1) is 21.1. The molecule has 1 heterocycles. The lowest BCUT2D eigenvalue weighted by Gasteiger charge is -2.36. The smallest absolute Gasteiger partial charge is 0.335 e. The van der Waals surface area contributed by atoms with Gasteiger partial charge in [-0.25, -0.2) is 4.79 Å². The lowest BCUT2D eigenvalue weighted by Crippen LogP contribution is -2.43. The SMILES string of the molecule is CC(C)(C)[Si](C)(C)Oc1ccc(/C(Cl)=C2/C(=O)Nc3ccc(C(=O)O)cc32)cc1. The predicted octanol–water partition coefficient (Wildman–Crippen LogP) is 5.83. The number of aromatic carboxylic acids is 1. The fourth-order valence-electron chi connectivity index (χ4n) is 2.78. The quantitative estimate of drug-likeness (QED) is 0.473. The number of benzene rings is 2. The maximum absolute atomic E-state index is 12.5. The number of nitrogens with one attached hydrogen (secondary N) is 1. The summed E-state index contributed by atoms with van der Waals surface area (Å²) in [5, 5.41) is 12.3. The zero-order valence-corrected chi connectivity index (χ0v) is 18.8. The van der Waals surface area contributed by atoms with Gasteiger partial charge >= 0.3 is 5.97 Å². The summed E-state index contributed by atoms with van der Waals surface area (Å²) in [5.41, 5.74) is 2.06. The number of carboxylic acids is 1. The minimum Gasteiger partial charge on any atom is -0.544 e. The molecule has 0 saturated heterocycles. The average molecular weight is 430 g/mol. The highest BCUT2D eigenvalue weighted by Gasteiger charge is 2.39. The van der Waals surface area contributed by atoms with Crippen molar-refractivity contribution < 1.29 is 19.1 Å². The molecule has 0 spiro atoms. The van der Waals surface area contributed by atoms with E-state index in [4.69, 9.17) is 16.0 Å². The lowest BCUT2D eigenvalue weighted by atomic mass is 10.0. The Morgan fingerprint density at radius 2 is 1.66 bits per heavy atom. The molecule has 0 atom stereocenters. The van der Waals surface area contributed by atoms with Crippen LogP contribution >= 0.6 is 11.6 Å². The Kier molecular flexibility index (Phi) is 5.36. The number of hydrogen-bond acceptors (Lipinski definition) is 3. The van der Waals surface area contributed by atoms with Crippen molar-refractivity contribution in [3.05, 3.63) is 59.2 Å². The Balaban J connectivity index is 1.96. The van der Waals surface area contributed by atoms with Crippen LogP contribution < -0.4 is 9.74 Å². The van der Waals surface area contributed by atoms with Gasteiger partial charge in [0.15, 0.2) is 0 Å². The van der Waals surface area contributed by atoms with Gasteiger partial charge in [0.05, 0.1) is 16.2 Å². The Labute approximate surface area is 176 Å². The van der Waals surface area contributed by atoms with Crippen LogP contribution in [-0.4, -0.2) is 25.3 Å². The minimum atomic E-state index is -1.96. The van der Waals surface area contributed by atoms with Gasteiger partial charge in [-0.1, -0.05) is 32.4 Å². The highest BCUT2D eigenvalue weighted by molar-refractivity contribution is 6.74. The van der Waals surface area contributed by atoms with Gasteiger partial charge in [0.1, 0.15) is 5.75 Å². The monoisotopic (exact) mass is 429 g/mol. The van der Waals surface area contributed by atoms with Crippen LogP contribution in [0.15, 0.2) is 42.5 Å². The number of halogens is 1. The fraction of sp³-hybridized carbons (Fsp3) is 0.273. The number of anilines is 1. The van der Waals surface area contributed by atoms with Gasteiger partial charge in [0.25, 0.3) is 5.91 Å². The molecular weight excluding hydrogens is 406 g/mol. The third-order valence-corrected chi connectivity index (χ3v) is 10.3. The first-order valence-electron chi connectivity index (χ1n) is 9.29. The summed E-state index contributed by atoms with van der Waals surface area (Å²) in [6.07, 6.45) is 0. The van der Waals surface area contributed by atoms with E-state index in [1.807, 2.05) is 24.3 Å². The van der Waals surface area contributed by atoms with Crippen LogP contribution in [0.2, 0.25) is 18.1 Å². The number of carbonyl (C=O) groups is 2. The fourth-order valence-corrected chi connectivity index (χ4v) is 4.12. The molecule has 152 valence electrons. The maximum atomic E-state index is 12.5. The van der Waals surface area contributed by atoms with E-state index in [0.29, 0.717) is 16.8 Å². The molecule has 1 aliphatic heterocycles. The van der Waals surface area contributed by atoms with Gasteiger partial charge in [-0.05, 0) is 66.2 Å². The topological polar surface area (TPSA) is 75.6 Å². The molecule has 2 aromatic carbocycles. The first-order valence-corrected chi connectivity index (χ1v) is 12.6. The van der Waals surface area contributed by atoms with Crippen molar-refractivity contribution in [1.29, 1.82) is 0 Å². The van der Waals surface area contributed by atoms with Crippen LogP contribution in [0.5, 0.6) is 5.75 Å². The normalized spacial score (nSPS) is 15.6. The first-order chi connectivity index (χ1) is 13.4. The summed E-state index contributed by atoms with van der Waals surface area (Å²) in [5.74, 6) is -0.650. The van der Waals surface area contributed by atoms with Crippen molar-refractivity contribution >= 4 is 48.1 Å². The number of rotatable bonds is 4. The van der Waals surface area contributed by atoms with Gasteiger partial charge in [-0.15, -0.1) is 0 Å². The standard InChI is InChI=1S/C22H24ClNO4Si/c1-22(2,3)29(4,5)28-15-9-6-13(7-10-15)19(23)18-16-12-14(21(26)27)8-11-17(16)24-20(18)25/h6-12H,1-5H3,(H,24,25)(H,26,27)/b19-18-. The molecule has 5 nitrogen and oxygen atoms in total. The van der Waals surface area contributed by atoms with E-state index in [9.17, 15) is 14.7 Å². The van der Waals surface area contributed by atoms with Gasteiger partial charge in [0, 0.05) is 11.3 Å². The van der Waals surface area contributed by atoms with Crippen molar-refractivity contribution in [1.82, 2.24) is 0 Å². The van der Waals surface area contributed by atoms with Gasteiger partial charge < -0.3 is 14.8 Å². The van der Waals surface area contributed by atoms with Crippen LogP contribution in [0.3, 0.4) is 0 Å². The van der Waals surface area contributed by atoms with Gasteiger partial charge in [0.2, 0.25) is 8.32 Å². The Morgan fingerprint density at radius 1 is 1.07 bits per heavy atom. The van der Waals surface area contributed by atoms with Crippen LogP contribution in [0.25, 0.3) is 10.6 Å². The lowest BCUT2D eigenvalue weighted by molar-refractivity contribution is -0.110. The van der Waals surface area contributed by atoms with E-state index < -0.39 is 14.3 Å². The second-order valence-electron chi connectivity index (χ2n) is 8.60. The summed E-state index contributed by atoms with van der Waals surface area (Å²) < 4.78 is 6.28. The van der Waals surface area contributed by atoms with Crippen molar-refractivity contribution in [2.24, 2.45) is 0 Å². The second kappa shape index (κ2) is 7.35. The maximum Gasteiger partial charge on any atom is 0.335 e. The second-order valence-corrected chi connectivity index (χ2v) is 13.7. The number of carbonyl (C=O) groups excluding carboxylic acids is 1. The molecule has 0 unspecified atom stereocenters. The molecule has 0 radical (unpaired) electrons. The predicted molar refractivity (Wildman–Crippen MR) is 119 cm³/mol. The molecule has 0 aliphatic carbocycles. The third kappa shape index (κ3) is 4.09. The minimum absolute atomic E-state index is 0.0821. The van der Waals surface area contributed by atoms with Crippen LogP contribution in [0, 0.1) is 0 Å². The summed E-state index contributed by atoms with van der Waals surface area (Å²) in [7, 11) is -1.96. The third-order valence-electron chi connectivity index (χ3n) is 5.52. The van der Waals surface area contributed by atoms with Gasteiger partial charge in [-0.3, -0.25) is 4.79 Å². The highest BCUT2D eigenvalue weighted by atomic mass is 35.5. The van der Waals surface area contributed by atoms with E-state index in [1.54, 1.807) is 6.07 Å². The molecule has 3 rings (SSSR count). The summed E-state index contributed by atoms with van der Waals surface area (Å²) >= 11 is 6.56. The highest BCUT2D eigenvalue weighted by Crippen LogP contribution is 2.40. The zero-order chi connectivity index (χ0) is 21.6. The van der Waals surface area contributed by atoms with E-state index in [-0.39, 0.29) is 27.1 Å². The van der Waals surface area contributed by atoms with Crippen LogP contribution in [0.1, 0.15) is 42.3 Å². The Morgan fingerprint density at radius 3 is 2.21 bits per heavy atom. The molecule has 0 saturated carbocycles. The van der Waals surface area contributed by atoms with E-state index >= 15 is 0 Å². The van der Waals surface area contributed by atoms with Crippen molar-refractivity contribution in [2.45, 2.75) is 38.9 Å². The number of amides is 1. The van der Waals surface area contributed by atoms with E-state index in [2.05, 4.69) is 39.2 Å². The number of hydrogen-bond donors (Lipinski definition) is 2. The molecule has 1 amide bonds.